The minimum Gasteiger partial charge on any atom is -0.341 e. The summed E-state index contributed by atoms with van der Waals surface area (Å²) >= 11 is 0. The highest BCUT2D eigenvalue weighted by Gasteiger charge is 2.31. The fraction of sp³-hybridized carbons (Fsp3) is 0.938. The maximum Gasteiger partial charge on any atom is 0.239 e. The lowest BCUT2D eigenvalue weighted by Crippen LogP contribution is -2.53. The molecule has 1 amide bonds. The Hall–Kier alpha value is -0.610. The van der Waals surface area contributed by atoms with Gasteiger partial charge >= 0.3 is 0 Å². The molecule has 0 spiro atoms. The third-order valence-corrected chi connectivity index (χ3v) is 4.96. The number of likely N-dealkylation sites (N-methyl/N-ethyl adjacent to an activating group) is 1. The normalized spacial score (nSPS) is 29.4. The molecule has 0 aliphatic carbocycles. The third-order valence-electron chi connectivity index (χ3n) is 4.96. The van der Waals surface area contributed by atoms with E-state index in [1.165, 1.54) is 19.4 Å². The summed E-state index contributed by atoms with van der Waals surface area (Å²) in [5.74, 6) is 0.982. The van der Waals surface area contributed by atoms with Gasteiger partial charge < -0.3 is 15.1 Å². The molecule has 2 aliphatic heterocycles. The first kappa shape index (κ1) is 15.8. The summed E-state index contributed by atoms with van der Waals surface area (Å²) in [6.45, 7) is 8.96. The van der Waals surface area contributed by atoms with E-state index in [2.05, 4.69) is 24.1 Å². The van der Waals surface area contributed by atoms with Gasteiger partial charge in [-0.15, -0.1) is 0 Å². The fourth-order valence-corrected chi connectivity index (χ4v) is 3.57. The topological polar surface area (TPSA) is 35.6 Å². The molecule has 2 unspecified atom stereocenters. The minimum absolute atomic E-state index is 0.0532. The molecule has 2 atom stereocenters. The van der Waals surface area contributed by atoms with Gasteiger partial charge in [-0.2, -0.15) is 0 Å². The fourth-order valence-electron chi connectivity index (χ4n) is 3.57. The van der Waals surface area contributed by atoms with Crippen LogP contribution in [0.5, 0.6) is 0 Å². The molecule has 0 aromatic heterocycles. The summed E-state index contributed by atoms with van der Waals surface area (Å²) < 4.78 is 0. The van der Waals surface area contributed by atoms with E-state index in [9.17, 15) is 4.79 Å². The maximum absolute atomic E-state index is 12.6. The average molecular weight is 281 g/mol. The maximum atomic E-state index is 12.6. The summed E-state index contributed by atoms with van der Waals surface area (Å²) in [4.78, 5) is 17.2. The number of amides is 1. The Morgan fingerprint density at radius 3 is 2.60 bits per heavy atom. The summed E-state index contributed by atoms with van der Waals surface area (Å²) in [5, 5.41) is 3.40. The van der Waals surface area contributed by atoms with Gasteiger partial charge in [-0.05, 0) is 51.1 Å². The molecule has 0 aromatic carbocycles. The predicted molar refractivity (Wildman–Crippen MR) is 82.7 cm³/mol. The van der Waals surface area contributed by atoms with Crippen molar-refractivity contribution < 1.29 is 4.79 Å². The van der Waals surface area contributed by atoms with Crippen molar-refractivity contribution in [2.24, 2.45) is 5.92 Å². The van der Waals surface area contributed by atoms with Crippen LogP contribution >= 0.6 is 0 Å². The zero-order valence-electron chi connectivity index (χ0n) is 13.4. The summed E-state index contributed by atoms with van der Waals surface area (Å²) in [6.07, 6.45) is 5.68. The van der Waals surface area contributed by atoms with Crippen molar-refractivity contribution in [3.63, 3.8) is 0 Å². The van der Waals surface area contributed by atoms with E-state index < -0.39 is 0 Å². The van der Waals surface area contributed by atoms with E-state index >= 15 is 0 Å². The summed E-state index contributed by atoms with van der Waals surface area (Å²) in [7, 11) is 2.00. The lowest BCUT2D eigenvalue weighted by Gasteiger charge is -2.39. The van der Waals surface area contributed by atoms with Gasteiger partial charge in [0.05, 0.1) is 6.04 Å². The zero-order chi connectivity index (χ0) is 14.5. The summed E-state index contributed by atoms with van der Waals surface area (Å²) in [6, 6.07) is 0.493. The first-order valence-electron chi connectivity index (χ1n) is 8.34. The lowest BCUT2D eigenvalue weighted by molar-refractivity contribution is -0.136. The molecule has 116 valence electrons. The second kappa shape index (κ2) is 7.41. The highest BCUT2D eigenvalue weighted by atomic mass is 16.2. The first-order valence-corrected chi connectivity index (χ1v) is 8.34. The first-order chi connectivity index (χ1) is 9.61. The van der Waals surface area contributed by atoms with Crippen molar-refractivity contribution in [1.82, 2.24) is 15.1 Å². The number of nitrogens with zero attached hydrogens (tertiary/aromatic N) is 2. The number of carbonyl (C=O) groups excluding carboxylic acids is 1. The van der Waals surface area contributed by atoms with Gasteiger partial charge in [0.1, 0.15) is 0 Å². The van der Waals surface area contributed by atoms with Crippen LogP contribution < -0.4 is 5.32 Å². The van der Waals surface area contributed by atoms with Crippen LogP contribution in [0.1, 0.15) is 46.0 Å². The monoisotopic (exact) mass is 281 g/mol. The average Bonchev–Trinajstić information content (AvgIpc) is 2.47. The van der Waals surface area contributed by atoms with Gasteiger partial charge in [-0.1, -0.05) is 13.8 Å². The molecule has 0 bridgehead atoms. The van der Waals surface area contributed by atoms with Crippen LogP contribution in [0.15, 0.2) is 0 Å². The minimum atomic E-state index is 0.0532. The zero-order valence-corrected chi connectivity index (χ0v) is 13.4. The van der Waals surface area contributed by atoms with E-state index in [4.69, 9.17) is 0 Å². The number of rotatable bonds is 4. The predicted octanol–water partition coefficient (Wildman–Crippen LogP) is 1.71. The van der Waals surface area contributed by atoms with Crippen molar-refractivity contribution in [1.29, 1.82) is 0 Å². The quantitative estimate of drug-likeness (QED) is 0.852. The standard InChI is InChI=1S/C16H31N3O/c1-4-9-19-10-6-14(7-11-19)18(3)16(20)15-12-13(2)5-8-17-15/h13-15,17H,4-12H2,1-3H3. The Morgan fingerprint density at radius 2 is 2.00 bits per heavy atom. The second-order valence-electron chi connectivity index (χ2n) is 6.66. The largest absolute Gasteiger partial charge is 0.341 e. The molecule has 1 N–H and O–H groups in total. The van der Waals surface area contributed by atoms with Crippen LogP contribution in [0.25, 0.3) is 0 Å². The number of piperidine rings is 2. The number of hydrogen-bond donors (Lipinski definition) is 1. The summed E-state index contributed by atoms with van der Waals surface area (Å²) in [5.41, 5.74) is 0. The number of nitrogens with one attached hydrogen (secondary N) is 1. The lowest BCUT2D eigenvalue weighted by atomic mass is 9.93. The molecule has 2 fully saturated rings. The van der Waals surface area contributed by atoms with Crippen LogP contribution in [-0.2, 0) is 4.79 Å². The molecule has 4 heteroatoms. The van der Waals surface area contributed by atoms with Gasteiger partial charge in [0.2, 0.25) is 5.91 Å². The van der Waals surface area contributed by atoms with Gasteiger partial charge in [0, 0.05) is 26.2 Å². The second-order valence-corrected chi connectivity index (χ2v) is 6.66. The van der Waals surface area contributed by atoms with E-state index in [1.807, 2.05) is 11.9 Å². The Bertz CT molecular complexity index is 313. The van der Waals surface area contributed by atoms with Crippen molar-refractivity contribution in [3.8, 4) is 0 Å². The molecule has 0 radical (unpaired) electrons. The van der Waals surface area contributed by atoms with Gasteiger partial charge in [0.15, 0.2) is 0 Å². The van der Waals surface area contributed by atoms with E-state index in [1.54, 1.807) is 0 Å². The molecular weight excluding hydrogens is 250 g/mol. The van der Waals surface area contributed by atoms with E-state index in [-0.39, 0.29) is 6.04 Å². The Balaban J connectivity index is 1.82. The molecule has 20 heavy (non-hydrogen) atoms. The van der Waals surface area contributed by atoms with Crippen LogP contribution in [0.4, 0.5) is 0 Å². The highest BCUT2D eigenvalue weighted by molar-refractivity contribution is 5.82. The molecule has 2 saturated heterocycles. The molecular formula is C16H31N3O. The molecule has 2 rings (SSSR count). The van der Waals surface area contributed by atoms with Gasteiger partial charge in [-0.3, -0.25) is 4.79 Å². The molecule has 2 heterocycles. The van der Waals surface area contributed by atoms with Crippen molar-refractivity contribution in [3.05, 3.63) is 0 Å². The Labute approximate surface area is 123 Å². The molecule has 4 nitrogen and oxygen atoms in total. The molecule has 0 aromatic rings. The van der Waals surface area contributed by atoms with Gasteiger partial charge in [0.25, 0.3) is 0 Å². The molecule has 2 aliphatic rings. The van der Waals surface area contributed by atoms with Crippen LogP contribution in [0.2, 0.25) is 0 Å². The Kier molecular flexibility index (Phi) is 5.85. The number of hydrogen-bond acceptors (Lipinski definition) is 3. The van der Waals surface area contributed by atoms with Crippen molar-refractivity contribution in [2.45, 2.75) is 58.0 Å². The molecule has 0 saturated carbocycles. The van der Waals surface area contributed by atoms with E-state index in [0.29, 0.717) is 17.9 Å². The Morgan fingerprint density at radius 1 is 1.30 bits per heavy atom. The number of likely N-dealkylation sites (tertiary alicyclic amines) is 1. The van der Waals surface area contributed by atoms with Crippen molar-refractivity contribution >= 4 is 5.91 Å². The van der Waals surface area contributed by atoms with E-state index in [0.717, 1.165) is 38.9 Å². The SMILES string of the molecule is CCCN1CCC(N(C)C(=O)C2CC(C)CCN2)CC1. The third kappa shape index (κ3) is 3.95. The smallest absolute Gasteiger partial charge is 0.239 e. The number of carbonyl (C=O) groups is 1. The highest BCUT2D eigenvalue weighted by Crippen LogP contribution is 2.20. The van der Waals surface area contributed by atoms with Crippen LogP contribution in [-0.4, -0.2) is 61.0 Å². The van der Waals surface area contributed by atoms with Crippen LogP contribution in [0, 0.1) is 5.92 Å². The van der Waals surface area contributed by atoms with Crippen molar-refractivity contribution in [2.75, 3.05) is 33.2 Å². The van der Waals surface area contributed by atoms with Gasteiger partial charge in [-0.25, -0.2) is 0 Å². The van der Waals surface area contributed by atoms with Crippen LogP contribution in [0.3, 0.4) is 0 Å².